The molecule has 3 aromatic heterocycles. The predicted octanol–water partition coefficient (Wildman–Crippen LogP) is 11.9. The van der Waals surface area contributed by atoms with Crippen LogP contribution in [0.5, 0.6) is 6.08 Å². The number of thiazole rings is 1. The van der Waals surface area contributed by atoms with Crippen LogP contribution >= 0.6 is 34.9 Å². The van der Waals surface area contributed by atoms with Crippen molar-refractivity contribution in [3.8, 4) is 17.2 Å². The molecule has 25 heteroatoms. The van der Waals surface area contributed by atoms with E-state index >= 15 is 0 Å². The first-order chi connectivity index (χ1) is 43.5. The molecule has 5 amide bonds. The van der Waals surface area contributed by atoms with E-state index in [4.69, 9.17) is 28.9 Å². The lowest BCUT2D eigenvalue weighted by molar-refractivity contribution is 0.0646. The number of amides is 5. The number of carboxylic acids is 3. The molecule has 0 saturated carbocycles. The van der Waals surface area contributed by atoms with Gasteiger partial charge in [-0.1, -0.05) is 115 Å². The van der Waals surface area contributed by atoms with Crippen molar-refractivity contribution >= 4 is 87.1 Å². The first-order valence-corrected chi connectivity index (χ1v) is 32.0. The number of aryl methyl sites for hydroxylation is 2. The van der Waals surface area contributed by atoms with Crippen LogP contribution in [0.15, 0.2) is 159 Å². The highest BCUT2D eigenvalue weighted by molar-refractivity contribution is 8.14. The van der Waals surface area contributed by atoms with Gasteiger partial charge in [0.15, 0.2) is 10.2 Å². The van der Waals surface area contributed by atoms with E-state index in [9.17, 15) is 39.0 Å². The van der Waals surface area contributed by atoms with Crippen molar-refractivity contribution in [1.29, 1.82) is 0 Å². The largest absolute Gasteiger partial charge is 0.477 e. The summed E-state index contributed by atoms with van der Waals surface area (Å²) in [7, 11) is 0. The Labute approximate surface area is 530 Å². The van der Waals surface area contributed by atoms with Crippen LogP contribution in [-0.4, -0.2) is 136 Å². The molecule has 8 aromatic rings. The van der Waals surface area contributed by atoms with Crippen molar-refractivity contribution in [2.75, 3.05) is 45.9 Å². The number of aromatic nitrogens is 3. The summed E-state index contributed by atoms with van der Waals surface area (Å²) in [5.41, 5.74) is 8.23. The SMILES string of the molecule is CC(C)N1C[C@H](CCOc2ncc(C(=O)O)o2)N(c2ccc3c(c2)CCC3O)C1=O.O=C(O)c1cnc(CCC[C@H]2CSC(=O)N2c2ccc(-c3ccccc3)cc2)o1.O=C(O)c1cnc(SCC[C@H]2CNC(=O)N2c2cccc(C(O)c3ccccc3)c2)s1. The van der Waals surface area contributed by atoms with Crippen molar-refractivity contribution in [3.63, 3.8) is 0 Å². The molecular formula is C65H66N8O14S3. The quantitative estimate of drug-likeness (QED) is 0.0344. The molecule has 5 aromatic carbocycles. The molecule has 90 heavy (non-hydrogen) atoms. The van der Waals surface area contributed by atoms with Gasteiger partial charge >= 0.3 is 36.0 Å². The number of ether oxygens (including phenoxy) is 1. The summed E-state index contributed by atoms with van der Waals surface area (Å²) < 4.78 is 16.4. The number of carbonyl (C=O) groups is 6. The minimum absolute atomic E-state index is 0.0389. The third-order valence-corrected chi connectivity index (χ3v) is 18.8. The van der Waals surface area contributed by atoms with Crippen LogP contribution in [-0.2, 0) is 12.8 Å². The summed E-state index contributed by atoms with van der Waals surface area (Å²) >= 11 is 3.97. The number of anilines is 3. The Balaban J connectivity index is 0.000000149. The summed E-state index contributed by atoms with van der Waals surface area (Å²) in [6.07, 6.45) is 7.24. The third kappa shape index (κ3) is 15.5. The molecule has 5 atom stereocenters. The van der Waals surface area contributed by atoms with Gasteiger partial charge in [-0.3, -0.25) is 19.5 Å². The van der Waals surface area contributed by atoms with E-state index in [1.165, 1.54) is 35.9 Å². The van der Waals surface area contributed by atoms with Crippen LogP contribution in [0, 0.1) is 0 Å². The lowest BCUT2D eigenvalue weighted by atomic mass is 10.0. The Morgan fingerprint density at radius 1 is 0.711 bits per heavy atom. The van der Waals surface area contributed by atoms with E-state index < -0.39 is 30.1 Å². The van der Waals surface area contributed by atoms with Crippen molar-refractivity contribution in [1.82, 2.24) is 25.2 Å². The van der Waals surface area contributed by atoms with E-state index in [1.54, 1.807) is 9.80 Å². The van der Waals surface area contributed by atoms with Gasteiger partial charge < -0.3 is 49.3 Å². The highest BCUT2D eigenvalue weighted by Gasteiger charge is 2.40. The van der Waals surface area contributed by atoms with Crippen molar-refractivity contribution in [2.24, 2.45) is 0 Å². The highest BCUT2D eigenvalue weighted by atomic mass is 32.2. The molecule has 3 saturated heterocycles. The summed E-state index contributed by atoms with van der Waals surface area (Å²) in [4.78, 5) is 90.1. The fraction of sp³-hybridized carbons (Fsp3) is 0.308. The number of rotatable bonds is 22. The first-order valence-electron chi connectivity index (χ1n) is 29.2. The van der Waals surface area contributed by atoms with E-state index in [1.807, 2.05) is 139 Å². The van der Waals surface area contributed by atoms with Crippen molar-refractivity contribution < 1.29 is 67.9 Å². The summed E-state index contributed by atoms with van der Waals surface area (Å²) in [5, 5.41) is 50.5. The normalized spacial score (nSPS) is 18.0. The van der Waals surface area contributed by atoms with Gasteiger partial charge in [-0.15, -0.1) is 11.3 Å². The second kappa shape index (κ2) is 29.5. The topological polar surface area (TPSA) is 303 Å². The molecule has 468 valence electrons. The average Bonchev–Trinajstić information content (AvgIpc) is 1.83. The monoisotopic (exact) mass is 1280 g/mol. The van der Waals surface area contributed by atoms with Gasteiger partial charge in [-0.25, -0.2) is 33.9 Å². The molecule has 6 heterocycles. The lowest BCUT2D eigenvalue weighted by Gasteiger charge is -2.24. The number of aliphatic hydroxyl groups is 2. The van der Waals surface area contributed by atoms with Crippen LogP contribution in [0.4, 0.5) is 31.4 Å². The number of nitrogens with one attached hydrogen (secondary N) is 1. The average molecular weight is 1280 g/mol. The van der Waals surface area contributed by atoms with Gasteiger partial charge in [0.2, 0.25) is 11.5 Å². The standard InChI is InChI=1S/C22H21N3O4S2.C22H20N2O4S.C21H25N3O6/c26-19(14-5-2-1-3-6-14)15-7-4-8-16(11-15)25-17(12-23-21(25)29)9-10-30-22-24-13-18(31-22)20(27)28;25-21(26)19-13-23-20(28-19)8-4-7-18-14-29-22(27)24(18)17-11-9-16(10-12-17)15-5-2-1-3-6-15;1-12(2)23-11-15(7-8-29-20-22-10-18(30-20)19(26)27)24(21(23)28)14-4-5-16-13(9-14)3-6-17(16)25/h1-8,11,13,17,19,26H,9-10,12H2,(H,23,29)(H,27,28);1-3,5-6,9-13,18H,4,7-8,14H2,(H,25,26);4-5,9-10,12,15,17,25H,3,6-8,11H2,1-2H3,(H,26,27)/t17-,19?;18-;15-,17?/m000/s1. The number of aliphatic hydroxyl groups excluding tert-OH is 2. The number of carbonyl (C=O) groups excluding carboxylic acids is 3. The number of fused-ring (bicyclic) bond motifs is 1. The van der Waals surface area contributed by atoms with Crippen LogP contribution in [0.25, 0.3) is 11.1 Å². The minimum atomic E-state index is -1.21. The number of aromatic carboxylic acids is 3. The number of urea groups is 2. The molecule has 4 aliphatic rings. The van der Waals surface area contributed by atoms with Gasteiger partial charge in [0.05, 0.1) is 43.4 Å². The fourth-order valence-electron chi connectivity index (χ4n) is 11.0. The Hall–Kier alpha value is -9.01. The summed E-state index contributed by atoms with van der Waals surface area (Å²) in [6, 6.07) is 40.6. The molecule has 6 N–H and O–H groups in total. The van der Waals surface area contributed by atoms with E-state index in [2.05, 4.69) is 32.4 Å². The van der Waals surface area contributed by atoms with Crippen molar-refractivity contribution in [2.45, 2.75) is 99.5 Å². The van der Waals surface area contributed by atoms with Gasteiger partial charge in [-0.2, -0.15) is 4.98 Å². The molecule has 12 rings (SSSR count). The van der Waals surface area contributed by atoms with E-state index in [0.29, 0.717) is 48.3 Å². The zero-order valence-electron chi connectivity index (χ0n) is 49.1. The van der Waals surface area contributed by atoms with Gasteiger partial charge in [-0.05, 0) is 116 Å². The zero-order chi connectivity index (χ0) is 63.4. The molecule has 3 aliphatic heterocycles. The first kappa shape index (κ1) is 64.0. The Morgan fingerprint density at radius 2 is 1.40 bits per heavy atom. The Bertz CT molecular complexity index is 3810. The number of benzene rings is 5. The van der Waals surface area contributed by atoms with Gasteiger partial charge in [0, 0.05) is 66.6 Å². The maximum Gasteiger partial charge on any atom is 0.394 e. The molecule has 1 aliphatic carbocycles. The van der Waals surface area contributed by atoms with E-state index in [0.717, 1.165) is 99.4 Å². The number of hydrogen-bond donors (Lipinski definition) is 6. The van der Waals surface area contributed by atoms with Crippen LogP contribution in [0.2, 0.25) is 0 Å². The minimum Gasteiger partial charge on any atom is -0.477 e. The second-order valence-electron chi connectivity index (χ2n) is 21.8. The van der Waals surface area contributed by atoms with Crippen molar-refractivity contribution in [3.05, 3.63) is 191 Å². The molecule has 22 nitrogen and oxygen atoms in total. The molecule has 3 fully saturated rings. The Morgan fingerprint density at radius 3 is 2.10 bits per heavy atom. The number of thioether (sulfide) groups is 2. The lowest BCUT2D eigenvalue weighted by Crippen LogP contribution is -2.37. The second-order valence-corrected chi connectivity index (χ2v) is 25.1. The molecule has 0 radical (unpaired) electrons. The summed E-state index contributed by atoms with van der Waals surface area (Å²) in [5.74, 6) is -1.87. The highest BCUT2D eigenvalue weighted by Crippen LogP contribution is 2.38. The predicted molar refractivity (Wildman–Crippen MR) is 340 cm³/mol. The van der Waals surface area contributed by atoms with Gasteiger partial charge in [0.25, 0.3) is 5.24 Å². The maximum absolute atomic E-state index is 13.1. The smallest absolute Gasteiger partial charge is 0.394 e. The molecule has 0 spiro atoms. The van der Waals surface area contributed by atoms with E-state index in [-0.39, 0.29) is 70.6 Å². The van der Waals surface area contributed by atoms with Crippen LogP contribution in [0.3, 0.4) is 0 Å². The number of oxazole rings is 2. The fourth-order valence-corrected chi connectivity index (χ4v) is 14.0. The third-order valence-electron chi connectivity index (χ3n) is 15.6. The van der Waals surface area contributed by atoms with Crippen LogP contribution < -0.4 is 24.8 Å². The molecule has 2 unspecified atom stereocenters. The molecule has 0 bridgehead atoms. The summed E-state index contributed by atoms with van der Waals surface area (Å²) in [6.45, 7) is 5.28. The number of carboxylic acid groups (broad SMARTS) is 3. The number of hydrogen-bond acceptors (Lipinski definition) is 17. The number of nitrogens with zero attached hydrogens (tertiary/aromatic N) is 7. The van der Waals surface area contributed by atoms with Crippen LogP contribution in [0.1, 0.15) is 117 Å². The Kier molecular flexibility index (Phi) is 21.0. The van der Waals surface area contributed by atoms with Gasteiger partial charge in [0.1, 0.15) is 11.0 Å². The molecular weight excluding hydrogens is 1210 g/mol. The maximum atomic E-state index is 13.1. The zero-order valence-corrected chi connectivity index (χ0v) is 51.5.